The highest BCUT2D eigenvalue weighted by Crippen LogP contribution is 2.33. The first-order valence-corrected chi connectivity index (χ1v) is 7.43. The van der Waals surface area contributed by atoms with Crippen molar-refractivity contribution in [2.75, 3.05) is 0 Å². The first-order valence-electron chi connectivity index (χ1n) is 7.43. The summed E-state index contributed by atoms with van der Waals surface area (Å²) in [6.07, 6.45) is 3.19. The summed E-state index contributed by atoms with van der Waals surface area (Å²) in [5.74, 6) is 0.0294. The van der Waals surface area contributed by atoms with Crippen LogP contribution in [0.4, 0.5) is 0 Å². The van der Waals surface area contributed by atoms with Crippen LogP contribution < -0.4 is 5.32 Å². The molecule has 2 amide bonds. The Bertz CT molecular complexity index is 369. The van der Waals surface area contributed by atoms with Crippen LogP contribution in [0.5, 0.6) is 0 Å². The number of piperazine rings is 1. The van der Waals surface area contributed by atoms with E-state index in [9.17, 15) is 9.59 Å². The van der Waals surface area contributed by atoms with E-state index < -0.39 is 11.1 Å². The van der Waals surface area contributed by atoms with Gasteiger partial charge in [-0.05, 0) is 40.0 Å². The molecular formula is C15H28N2O2. The van der Waals surface area contributed by atoms with Gasteiger partial charge in [0.05, 0.1) is 0 Å². The first-order chi connectivity index (χ1) is 8.76. The van der Waals surface area contributed by atoms with Gasteiger partial charge in [-0.1, -0.05) is 27.2 Å². The minimum absolute atomic E-state index is 0.0260. The van der Waals surface area contributed by atoms with Crippen molar-refractivity contribution in [1.82, 2.24) is 10.2 Å². The van der Waals surface area contributed by atoms with Crippen LogP contribution in [0, 0.1) is 0 Å². The zero-order chi connectivity index (χ0) is 14.8. The molecule has 0 radical (unpaired) electrons. The number of hydrogen-bond acceptors (Lipinski definition) is 2. The van der Waals surface area contributed by atoms with Crippen molar-refractivity contribution in [1.29, 1.82) is 0 Å². The molecule has 1 saturated heterocycles. The zero-order valence-electron chi connectivity index (χ0n) is 13.2. The number of carbonyl (C=O) groups is 2. The molecule has 3 atom stereocenters. The molecule has 0 spiro atoms. The monoisotopic (exact) mass is 268 g/mol. The lowest BCUT2D eigenvalue weighted by atomic mass is 9.82. The molecule has 4 heteroatoms. The molecule has 1 N–H and O–H groups in total. The van der Waals surface area contributed by atoms with Crippen LogP contribution in [0.1, 0.15) is 67.2 Å². The summed E-state index contributed by atoms with van der Waals surface area (Å²) in [7, 11) is 0. The Morgan fingerprint density at radius 2 is 1.74 bits per heavy atom. The third-order valence-electron chi connectivity index (χ3n) is 4.64. The van der Waals surface area contributed by atoms with Crippen molar-refractivity contribution in [3.63, 3.8) is 0 Å². The fraction of sp³-hybridized carbons (Fsp3) is 0.867. The van der Waals surface area contributed by atoms with Crippen molar-refractivity contribution in [3.8, 4) is 0 Å². The predicted octanol–water partition coefficient (Wildman–Crippen LogP) is 2.47. The van der Waals surface area contributed by atoms with Gasteiger partial charge in [0.1, 0.15) is 11.1 Å². The number of nitrogens with one attached hydrogen (secondary N) is 1. The van der Waals surface area contributed by atoms with Gasteiger partial charge in [0.2, 0.25) is 11.8 Å². The van der Waals surface area contributed by atoms with Gasteiger partial charge in [-0.15, -0.1) is 0 Å². The molecule has 1 aliphatic rings. The predicted molar refractivity (Wildman–Crippen MR) is 76.8 cm³/mol. The van der Waals surface area contributed by atoms with Crippen LogP contribution in [0.15, 0.2) is 0 Å². The maximum atomic E-state index is 12.8. The van der Waals surface area contributed by atoms with E-state index in [1.807, 2.05) is 39.5 Å². The Morgan fingerprint density at radius 1 is 1.16 bits per heavy atom. The minimum atomic E-state index is -0.756. The van der Waals surface area contributed by atoms with E-state index in [1.54, 1.807) is 0 Å². The third kappa shape index (κ3) is 2.49. The molecule has 110 valence electrons. The standard InChI is InChI=1S/C15H28N2O2/c1-7-10-11(4)17-13(19)14(5,8-2)16-12(18)15(17,6)9-3/h11H,7-10H2,1-6H3,(H,16,18). The average molecular weight is 268 g/mol. The summed E-state index contributed by atoms with van der Waals surface area (Å²) in [5.41, 5.74) is -1.48. The summed E-state index contributed by atoms with van der Waals surface area (Å²) in [5, 5.41) is 2.93. The summed E-state index contributed by atoms with van der Waals surface area (Å²) < 4.78 is 0. The smallest absolute Gasteiger partial charge is 0.249 e. The molecule has 1 aliphatic heterocycles. The molecule has 0 aromatic heterocycles. The second-order valence-electron chi connectivity index (χ2n) is 6.08. The molecule has 0 saturated carbocycles. The van der Waals surface area contributed by atoms with Gasteiger partial charge in [0.15, 0.2) is 0 Å². The Labute approximate surface area is 116 Å². The summed E-state index contributed by atoms with van der Waals surface area (Å²) >= 11 is 0. The average Bonchev–Trinajstić information content (AvgIpc) is 2.37. The van der Waals surface area contributed by atoms with E-state index in [0.717, 1.165) is 12.8 Å². The number of carbonyl (C=O) groups excluding carboxylic acids is 2. The van der Waals surface area contributed by atoms with E-state index in [4.69, 9.17) is 0 Å². The summed E-state index contributed by atoms with van der Waals surface area (Å²) in [6, 6.07) is 0.0966. The molecule has 0 aromatic rings. The fourth-order valence-corrected chi connectivity index (χ4v) is 2.84. The third-order valence-corrected chi connectivity index (χ3v) is 4.64. The fourth-order valence-electron chi connectivity index (χ4n) is 2.84. The minimum Gasteiger partial charge on any atom is -0.340 e. The summed E-state index contributed by atoms with van der Waals surface area (Å²) in [6.45, 7) is 11.8. The molecule has 0 aliphatic carbocycles. The van der Waals surface area contributed by atoms with Gasteiger partial charge in [0.25, 0.3) is 0 Å². The number of hydrogen-bond donors (Lipinski definition) is 1. The summed E-state index contributed by atoms with van der Waals surface area (Å²) in [4.78, 5) is 27.1. The molecule has 1 rings (SSSR count). The highest BCUT2D eigenvalue weighted by atomic mass is 16.2. The Balaban J connectivity index is 3.22. The molecule has 4 nitrogen and oxygen atoms in total. The van der Waals surface area contributed by atoms with Crippen LogP contribution in [-0.4, -0.2) is 33.8 Å². The van der Waals surface area contributed by atoms with Gasteiger partial charge in [-0.3, -0.25) is 9.59 Å². The molecule has 1 heterocycles. The van der Waals surface area contributed by atoms with E-state index in [-0.39, 0.29) is 17.9 Å². The van der Waals surface area contributed by atoms with Gasteiger partial charge in [0, 0.05) is 6.04 Å². The van der Waals surface area contributed by atoms with Crippen molar-refractivity contribution in [2.24, 2.45) is 0 Å². The first kappa shape index (κ1) is 16.0. The molecule has 19 heavy (non-hydrogen) atoms. The van der Waals surface area contributed by atoms with Crippen molar-refractivity contribution in [3.05, 3.63) is 0 Å². The van der Waals surface area contributed by atoms with E-state index in [1.165, 1.54) is 0 Å². The quantitative estimate of drug-likeness (QED) is 0.832. The highest BCUT2D eigenvalue weighted by molar-refractivity contribution is 6.02. The number of amides is 2. The molecule has 1 fully saturated rings. The lowest BCUT2D eigenvalue weighted by Gasteiger charge is -2.52. The van der Waals surface area contributed by atoms with Crippen LogP contribution in [0.25, 0.3) is 0 Å². The normalized spacial score (nSPS) is 33.3. The lowest BCUT2D eigenvalue weighted by molar-refractivity contribution is -0.165. The van der Waals surface area contributed by atoms with Crippen molar-refractivity contribution < 1.29 is 9.59 Å². The number of rotatable bonds is 5. The Hall–Kier alpha value is -1.06. The van der Waals surface area contributed by atoms with Gasteiger partial charge >= 0.3 is 0 Å². The SMILES string of the molecule is CCCC(C)N1C(=O)C(C)(CC)NC(=O)C1(C)CC. The van der Waals surface area contributed by atoms with E-state index in [0.29, 0.717) is 12.8 Å². The zero-order valence-corrected chi connectivity index (χ0v) is 13.2. The number of nitrogens with zero attached hydrogens (tertiary/aromatic N) is 1. The van der Waals surface area contributed by atoms with E-state index >= 15 is 0 Å². The topological polar surface area (TPSA) is 49.4 Å². The van der Waals surface area contributed by atoms with Gasteiger partial charge in [-0.25, -0.2) is 0 Å². The molecule has 3 unspecified atom stereocenters. The van der Waals surface area contributed by atoms with Crippen molar-refractivity contribution >= 4 is 11.8 Å². The maximum absolute atomic E-state index is 12.8. The van der Waals surface area contributed by atoms with Crippen molar-refractivity contribution in [2.45, 2.75) is 84.3 Å². The van der Waals surface area contributed by atoms with Gasteiger partial charge in [-0.2, -0.15) is 0 Å². The van der Waals surface area contributed by atoms with Crippen LogP contribution >= 0.6 is 0 Å². The highest BCUT2D eigenvalue weighted by Gasteiger charge is 2.54. The van der Waals surface area contributed by atoms with Crippen LogP contribution in [0.2, 0.25) is 0 Å². The Morgan fingerprint density at radius 3 is 2.16 bits per heavy atom. The molecule has 0 aromatic carbocycles. The van der Waals surface area contributed by atoms with E-state index in [2.05, 4.69) is 12.2 Å². The van der Waals surface area contributed by atoms with Crippen LogP contribution in [0.3, 0.4) is 0 Å². The second kappa shape index (κ2) is 5.51. The Kier molecular flexibility index (Phi) is 4.64. The second-order valence-corrected chi connectivity index (χ2v) is 6.08. The van der Waals surface area contributed by atoms with Gasteiger partial charge < -0.3 is 10.2 Å². The molecular weight excluding hydrogens is 240 g/mol. The van der Waals surface area contributed by atoms with Crippen LogP contribution in [-0.2, 0) is 9.59 Å². The maximum Gasteiger partial charge on any atom is 0.249 e. The largest absolute Gasteiger partial charge is 0.340 e. The molecule has 0 bridgehead atoms. The lowest BCUT2D eigenvalue weighted by Crippen LogP contribution is -2.75.